The molecule has 1 saturated carbocycles. The third-order valence-corrected chi connectivity index (χ3v) is 4.89. The van der Waals surface area contributed by atoms with E-state index in [1.807, 2.05) is 18.2 Å². The summed E-state index contributed by atoms with van der Waals surface area (Å²) in [5.74, 6) is 2.29. The van der Waals surface area contributed by atoms with Gasteiger partial charge in [0.1, 0.15) is 5.75 Å². The van der Waals surface area contributed by atoms with Crippen molar-refractivity contribution >= 4 is 17.6 Å². The molecule has 0 aromatic heterocycles. The van der Waals surface area contributed by atoms with Gasteiger partial charge in [-0.1, -0.05) is 31.7 Å². The highest BCUT2D eigenvalue weighted by atomic mass is 16.5. The van der Waals surface area contributed by atoms with E-state index in [1.165, 1.54) is 45.4 Å². The smallest absolute Gasteiger partial charge is 0.221 e. The number of carbonyl (C=O) groups is 1. The van der Waals surface area contributed by atoms with Gasteiger partial charge in [-0.3, -0.25) is 4.79 Å². The fourth-order valence-electron chi connectivity index (χ4n) is 3.55. The molecular weight excluding hydrogens is 340 g/mol. The minimum absolute atomic E-state index is 0.119. The molecule has 0 saturated heterocycles. The standard InChI is InChI=1S/C21H34N4O2/c1-4-22-21(23-13-7-10-17-8-5-6-9-17)24-15-18-11-12-20(27-3)19(14-18)25-16(2)26/h11-12,14,17H,4-10,13,15H2,1-3H3,(H,25,26)(H2,22,23,24). The molecule has 0 unspecified atom stereocenters. The summed E-state index contributed by atoms with van der Waals surface area (Å²) in [6.07, 6.45) is 8.12. The highest BCUT2D eigenvalue weighted by molar-refractivity contribution is 5.90. The van der Waals surface area contributed by atoms with E-state index >= 15 is 0 Å². The number of benzene rings is 1. The minimum atomic E-state index is -0.119. The molecule has 0 aliphatic heterocycles. The predicted molar refractivity (Wildman–Crippen MR) is 111 cm³/mol. The summed E-state index contributed by atoms with van der Waals surface area (Å²) in [6, 6.07) is 5.74. The van der Waals surface area contributed by atoms with Gasteiger partial charge in [0, 0.05) is 20.0 Å². The van der Waals surface area contributed by atoms with E-state index in [9.17, 15) is 4.79 Å². The number of nitrogens with zero attached hydrogens (tertiary/aromatic N) is 1. The van der Waals surface area contributed by atoms with Crippen molar-refractivity contribution in [1.82, 2.24) is 10.6 Å². The second kappa shape index (κ2) is 11.5. The Labute approximate surface area is 163 Å². The molecule has 0 heterocycles. The largest absolute Gasteiger partial charge is 0.495 e. The number of hydrogen-bond donors (Lipinski definition) is 3. The van der Waals surface area contributed by atoms with Crippen LogP contribution in [0.25, 0.3) is 0 Å². The molecule has 0 radical (unpaired) electrons. The molecule has 6 nitrogen and oxygen atoms in total. The second-order valence-electron chi connectivity index (χ2n) is 7.13. The molecule has 3 N–H and O–H groups in total. The SMILES string of the molecule is CCNC(=NCc1ccc(OC)c(NC(C)=O)c1)NCCCC1CCCC1. The van der Waals surface area contributed by atoms with Gasteiger partial charge in [0.15, 0.2) is 5.96 Å². The Morgan fingerprint density at radius 3 is 2.70 bits per heavy atom. The fraction of sp³-hybridized carbons (Fsp3) is 0.619. The third kappa shape index (κ3) is 7.49. The summed E-state index contributed by atoms with van der Waals surface area (Å²) in [7, 11) is 1.59. The topological polar surface area (TPSA) is 74.8 Å². The molecule has 0 spiro atoms. The number of anilines is 1. The van der Waals surface area contributed by atoms with Crippen molar-refractivity contribution in [3.05, 3.63) is 23.8 Å². The summed E-state index contributed by atoms with van der Waals surface area (Å²) < 4.78 is 5.30. The number of carbonyl (C=O) groups excluding carboxylic acids is 1. The van der Waals surface area contributed by atoms with Crippen LogP contribution in [0.5, 0.6) is 5.75 Å². The van der Waals surface area contributed by atoms with Crippen LogP contribution in [0.15, 0.2) is 23.2 Å². The summed E-state index contributed by atoms with van der Waals surface area (Å²) in [5.41, 5.74) is 1.69. The molecule has 1 aliphatic carbocycles. The van der Waals surface area contributed by atoms with Gasteiger partial charge in [-0.05, 0) is 43.4 Å². The molecular formula is C21H34N4O2. The van der Waals surface area contributed by atoms with Gasteiger partial charge >= 0.3 is 0 Å². The van der Waals surface area contributed by atoms with E-state index in [2.05, 4.69) is 27.9 Å². The molecule has 27 heavy (non-hydrogen) atoms. The number of nitrogens with one attached hydrogen (secondary N) is 3. The van der Waals surface area contributed by atoms with E-state index in [1.54, 1.807) is 7.11 Å². The van der Waals surface area contributed by atoms with Crippen LogP contribution in [-0.4, -0.2) is 32.1 Å². The van der Waals surface area contributed by atoms with Gasteiger partial charge in [-0.2, -0.15) is 0 Å². The molecule has 1 amide bonds. The molecule has 1 fully saturated rings. The first-order valence-corrected chi connectivity index (χ1v) is 10.1. The highest BCUT2D eigenvalue weighted by Crippen LogP contribution is 2.28. The number of methoxy groups -OCH3 is 1. The highest BCUT2D eigenvalue weighted by Gasteiger charge is 2.14. The Kier molecular flexibility index (Phi) is 8.95. The monoisotopic (exact) mass is 374 g/mol. The molecule has 2 rings (SSSR count). The predicted octanol–water partition coefficient (Wildman–Crippen LogP) is 3.68. The molecule has 1 aromatic carbocycles. The van der Waals surface area contributed by atoms with Crippen molar-refractivity contribution in [2.75, 3.05) is 25.5 Å². The second-order valence-corrected chi connectivity index (χ2v) is 7.13. The number of aliphatic imine (C=N–C) groups is 1. The lowest BCUT2D eigenvalue weighted by Crippen LogP contribution is -2.37. The lowest BCUT2D eigenvalue weighted by atomic mass is 10.0. The Morgan fingerprint density at radius 1 is 1.26 bits per heavy atom. The number of guanidine groups is 1. The Morgan fingerprint density at radius 2 is 2.04 bits per heavy atom. The Balaban J connectivity index is 1.89. The van der Waals surface area contributed by atoms with Crippen LogP contribution in [0, 0.1) is 5.92 Å². The average molecular weight is 375 g/mol. The van der Waals surface area contributed by atoms with Crippen molar-refractivity contribution < 1.29 is 9.53 Å². The maximum atomic E-state index is 11.4. The van der Waals surface area contributed by atoms with Crippen LogP contribution in [0.3, 0.4) is 0 Å². The molecule has 1 aromatic rings. The fourth-order valence-corrected chi connectivity index (χ4v) is 3.55. The van der Waals surface area contributed by atoms with Gasteiger partial charge in [-0.25, -0.2) is 4.99 Å². The van der Waals surface area contributed by atoms with Crippen molar-refractivity contribution in [2.45, 2.75) is 58.9 Å². The van der Waals surface area contributed by atoms with Gasteiger partial charge < -0.3 is 20.7 Å². The van der Waals surface area contributed by atoms with Crippen LogP contribution in [-0.2, 0) is 11.3 Å². The van der Waals surface area contributed by atoms with E-state index < -0.39 is 0 Å². The van der Waals surface area contributed by atoms with Gasteiger partial charge in [0.05, 0.1) is 19.3 Å². The van der Waals surface area contributed by atoms with Gasteiger partial charge in [0.2, 0.25) is 5.91 Å². The zero-order valence-corrected chi connectivity index (χ0v) is 16.9. The normalized spacial score (nSPS) is 14.9. The molecule has 150 valence electrons. The lowest BCUT2D eigenvalue weighted by Gasteiger charge is -2.13. The Bertz CT molecular complexity index is 625. The maximum Gasteiger partial charge on any atom is 0.221 e. The van der Waals surface area contributed by atoms with E-state index in [-0.39, 0.29) is 5.91 Å². The first-order valence-electron chi connectivity index (χ1n) is 10.1. The third-order valence-electron chi connectivity index (χ3n) is 4.89. The maximum absolute atomic E-state index is 11.4. The van der Waals surface area contributed by atoms with Crippen molar-refractivity contribution in [1.29, 1.82) is 0 Å². The molecule has 1 aliphatic rings. The van der Waals surface area contributed by atoms with Crippen LogP contribution < -0.4 is 20.7 Å². The molecule has 0 bridgehead atoms. The van der Waals surface area contributed by atoms with Crippen LogP contribution in [0.2, 0.25) is 0 Å². The number of ether oxygens (including phenoxy) is 1. The molecule has 6 heteroatoms. The quantitative estimate of drug-likeness (QED) is 0.350. The minimum Gasteiger partial charge on any atom is -0.495 e. The zero-order chi connectivity index (χ0) is 19.5. The zero-order valence-electron chi connectivity index (χ0n) is 16.9. The summed E-state index contributed by atoms with van der Waals surface area (Å²) in [4.78, 5) is 16.0. The van der Waals surface area contributed by atoms with Crippen molar-refractivity contribution in [3.8, 4) is 5.75 Å². The summed E-state index contributed by atoms with van der Waals surface area (Å²) in [5, 5.41) is 9.53. The van der Waals surface area contributed by atoms with Crippen molar-refractivity contribution in [3.63, 3.8) is 0 Å². The van der Waals surface area contributed by atoms with Crippen molar-refractivity contribution in [2.24, 2.45) is 10.9 Å². The van der Waals surface area contributed by atoms with Gasteiger partial charge in [-0.15, -0.1) is 0 Å². The summed E-state index contributed by atoms with van der Waals surface area (Å²) >= 11 is 0. The summed E-state index contributed by atoms with van der Waals surface area (Å²) in [6.45, 7) is 5.87. The lowest BCUT2D eigenvalue weighted by molar-refractivity contribution is -0.114. The van der Waals surface area contributed by atoms with E-state index in [0.717, 1.165) is 30.5 Å². The van der Waals surface area contributed by atoms with Crippen LogP contribution in [0.4, 0.5) is 5.69 Å². The first kappa shape index (κ1) is 21.1. The van der Waals surface area contributed by atoms with Crippen LogP contribution >= 0.6 is 0 Å². The number of amides is 1. The Hall–Kier alpha value is -2.24. The number of hydrogen-bond acceptors (Lipinski definition) is 3. The molecule has 0 atom stereocenters. The van der Waals surface area contributed by atoms with Gasteiger partial charge in [0.25, 0.3) is 0 Å². The van der Waals surface area contributed by atoms with E-state index in [0.29, 0.717) is 18.0 Å². The first-order chi connectivity index (χ1) is 13.1. The van der Waals surface area contributed by atoms with Crippen LogP contribution in [0.1, 0.15) is 57.9 Å². The van der Waals surface area contributed by atoms with E-state index in [4.69, 9.17) is 4.74 Å². The number of rotatable bonds is 9. The average Bonchev–Trinajstić information content (AvgIpc) is 3.16.